The van der Waals surface area contributed by atoms with Crippen LogP contribution in [0, 0.1) is 5.92 Å². The Labute approximate surface area is 106 Å². The van der Waals surface area contributed by atoms with Crippen molar-refractivity contribution in [2.45, 2.75) is 77.2 Å². The summed E-state index contributed by atoms with van der Waals surface area (Å²) >= 11 is 0. The third-order valence-corrected chi connectivity index (χ3v) is 4.59. The molecule has 0 bridgehead atoms. The predicted octanol–water partition coefficient (Wildman–Crippen LogP) is 3.75. The maximum atomic E-state index is 12.5. The average molecular weight is 237 g/mol. The molecule has 0 N–H and O–H groups in total. The van der Waals surface area contributed by atoms with Gasteiger partial charge in [0, 0.05) is 18.5 Å². The molecule has 1 aliphatic carbocycles. The van der Waals surface area contributed by atoms with E-state index in [1.807, 2.05) is 0 Å². The first kappa shape index (κ1) is 12.9. The van der Waals surface area contributed by atoms with Crippen molar-refractivity contribution < 1.29 is 4.79 Å². The van der Waals surface area contributed by atoms with Crippen LogP contribution in [0.15, 0.2) is 0 Å². The Morgan fingerprint density at radius 2 is 1.65 bits per heavy atom. The van der Waals surface area contributed by atoms with Crippen LogP contribution in [0.25, 0.3) is 0 Å². The summed E-state index contributed by atoms with van der Waals surface area (Å²) in [6.07, 6.45) is 12.5. The first-order valence-corrected chi connectivity index (χ1v) is 7.63. The third-order valence-electron chi connectivity index (χ3n) is 4.59. The Kier molecular flexibility index (Phi) is 4.87. The zero-order chi connectivity index (χ0) is 12.1. The van der Waals surface area contributed by atoms with Crippen molar-refractivity contribution in [3.63, 3.8) is 0 Å². The highest BCUT2D eigenvalue weighted by Gasteiger charge is 2.30. The molecule has 98 valence electrons. The number of carbonyl (C=O) groups is 1. The molecule has 1 aliphatic heterocycles. The molecule has 1 amide bonds. The van der Waals surface area contributed by atoms with Crippen LogP contribution in [0.2, 0.25) is 0 Å². The van der Waals surface area contributed by atoms with Crippen LogP contribution < -0.4 is 0 Å². The topological polar surface area (TPSA) is 20.3 Å². The van der Waals surface area contributed by atoms with Crippen molar-refractivity contribution in [2.75, 3.05) is 6.54 Å². The Morgan fingerprint density at radius 3 is 2.29 bits per heavy atom. The van der Waals surface area contributed by atoms with Gasteiger partial charge in [-0.2, -0.15) is 0 Å². The fraction of sp³-hybridized carbons (Fsp3) is 0.933. The minimum atomic E-state index is 0.320. The first-order chi connectivity index (χ1) is 8.33. The predicted molar refractivity (Wildman–Crippen MR) is 70.8 cm³/mol. The van der Waals surface area contributed by atoms with Crippen LogP contribution in [-0.4, -0.2) is 23.4 Å². The van der Waals surface area contributed by atoms with Gasteiger partial charge in [-0.15, -0.1) is 0 Å². The molecule has 2 aliphatic rings. The number of nitrogens with zero attached hydrogens (tertiary/aromatic N) is 1. The number of hydrogen-bond acceptors (Lipinski definition) is 1. The summed E-state index contributed by atoms with van der Waals surface area (Å²) in [4.78, 5) is 14.8. The van der Waals surface area contributed by atoms with Gasteiger partial charge in [-0.3, -0.25) is 4.79 Å². The van der Waals surface area contributed by atoms with E-state index in [0.717, 1.165) is 19.4 Å². The smallest absolute Gasteiger partial charge is 0.225 e. The third kappa shape index (κ3) is 3.23. The standard InChI is InChI=1S/C15H27NO/c1-2-13-9-7-8-12-16(15(13)17)14-10-5-3-4-6-11-14/h13-14H,2-12H2,1H3. The summed E-state index contributed by atoms with van der Waals surface area (Å²) in [6.45, 7) is 3.19. The van der Waals surface area contributed by atoms with E-state index < -0.39 is 0 Å². The molecular formula is C15H27NO. The summed E-state index contributed by atoms with van der Waals surface area (Å²) in [5.74, 6) is 0.789. The van der Waals surface area contributed by atoms with Crippen molar-refractivity contribution in [1.82, 2.24) is 4.90 Å². The van der Waals surface area contributed by atoms with E-state index in [0.29, 0.717) is 17.9 Å². The molecule has 0 aromatic rings. The Balaban J connectivity index is 2.02. The lowest BCUT2D eigenvalue weighted by atomic mass is 9.98. The SMILES string of the molecule is CCC1CCCCN(C2CCCCCC2)C1=O. The van der Waals surface area contributed by atoms with Gasteiger partial charge in [-0.1, -0.05) is 39.0 Å². The molecule has 1 atom stereocenters. The second kappa shape index (κ2) is 6.42. The Hall–Kier alpha value is -0.530. The summed E-state index contributed by atoms with van der Waals surface area (Å²) in [5, 5.41) is 0. The molecule has 0 spiro atoms. The Morgan fingerprint density at radius 1 is 1.00 bits per heavy atom. The molecule has 17 heavy (non-hydrogen) atoms. The quantitative estimate of drug-likeness (QED) is 0.670. The summed E-state index contributed by atoms with van der Waals surface area (Å²) in [6, 6.07) is 0.567. The Bertz CT molecular complexity index is 243. The minimum Gasteiger partial charge on any atom is -0.339 e. The van der Waals surface area contributed by atoms with Crippen LogP contribution >= 0.6 is 0 Å². The number of carbonyl (C=O) groups excluding carboxylic acids is 1. The fourth-order valence-corrected chi connectivity index (χ4v) is 3.45. The molecule has 2 heteroatoms. The van der Waals surface area contributed by atoms with Crippen molar-refractivity contribution >= 4 is 5.91 Å². The molecule has 0 aromatic heterocycles. The van der Waals surface area contributed by atoms with Gasteiger partial charge in [-0.25, -0.2) is 0 Å². The average Bonchev–Trinajstić information content (AvgIpc) is 2.69. The van der Waals surface area contributed by atoms with Gasteiger partial charge in [0.05, 0.1) is 0 Å². The van der Waals surface area contributed by atoms with Crippen molar-refractivity contribution in [3.05, 3.63) is 0 Å². The van der Waals surface area contributed by atoms with E-state index in [9.17, 15) is 4.79 Å². The number of rotatable bonds is 2. The van der Waals surface area contributed by atoms with E-state index in [1.54, 1.807) is 0 Å². The largest absolute Gasteiger partial charge is 0.339 e. The van der Waals surface area contributed by atoms with Crippen molar-refractivity contribution in [3.8, 4) is 0 Å². The molecule has 2 rings (SSSR count). The maximum Gasteiger partial charge on any atom is 0.225 e. The number of amides is 1. The van der Waals surface area contributed by atoms with Crippen LogP contribution in [0.4, 0.5) is 0 Å². The number of likely N-dealkylation sites (tertiary alicyclic amines) is 1. The van der Waals surface area contributed by atoms with Gasteiger partial charge < -0.3 is 4.90 Å². The lowest BCUT2D eigenvalue weighted by Gasteiger charge is -2.32. The molecule has 2 fully saturated rings. The maximum absolute atomic E-state index is 12.5. The van der Waals surface area contributed by atoms with Gasteiger partial charge in [0.25, 0.3) is 0 Å². The van der Waals surface area contributed by atoms with Crippen LogP contribution in [0.5, 0.6) is 0 Å². The van der Waals surface area contributed by atoms with Crippen molar-refractivity contribution in [2.24, 2.45) is 5.92 Å². The molecule has 1 saturated heterocycles. The molecule has 0 radical (unpaired) electrons. The van der Waals surface area contributed by atoms with Gasteiger partial charge >= 0.3 is 0 Å². The summed E-state index contributed by atoms with van der Waals surface area (Å²) < 4.78 is 0. The lowest BCUT2D eigenvalue weighted by molar-refractivity contribution is -0.137. The fourth-order valence-electron chi connectivity index (χ4n) is 3.45. The highest BCUT2D eigenvalue weighted by Crippen LogP contribution is 2.27. The molecule has 1 heterocycles. The summed E-state index contributed by atoms with van der Waals surface area (Å²) in [7, 11) is 0. The van der Waals surface area contributed by atoms with Crippen LogP contribution in [0.3, 0.4) is 0 Å². The van der Waals surface area contributed by atoms with Gasteiger partial charge in [-0.05, 0) is 32.1 Å². The van der Waals surface area contributed by atoms with Crippen LogP contribution in [0.1, 0.15) is 71.1 Å². The van der Waals surface area contributed by atoms with Crippen LogP contribution in [-0.2, 0) is 4.79 Å². The summed E-state index contributed by atoms with van der Waals surface area (Å²) in [5.41, 5.74) is 0. The molecule has 0 aromatic carbocycles. The van der Waals surface area contributed by atoms with E-state index in [2.05, 4.69) is 11.8 Å². The number of hydrogen-bond donors (Lipinski definition) is 0. The first-order valence-electron chi connectivity index (χ1n) is 7.63. The lowest BCUT2D eigenvalue weighted by Crippen LogP contribution is -2.42. The van der Waals surface area contributed by atoms with E-state index >= 15 is 0 Å². The minimum absolute atomic E-state index is 0.320. The van der Waals surface area contributed by atoms with Gasteiger partial charge in [0.2, 0.25) is 5.91 Å². The van der Waals surface area contributed by atoms with E-state index in [4.69, 9.17) is 0 Å². The van der Waals surface area contributed by atoms with E-state index in [-0.39, 0.29) is 0 Å². The van der Waals surface area contributed by atoms with Gasteiger partial charge in [0.15, 0.2) is 0 Å². The second-order valence-electron chi connectivity index (χ2n) is 5.78. The monoisotopic (exact) mass is 237 g/mol. The normalized spacial score (nSPS) is 28.9. The van der Waals surface area contributed by atoms with Crippen molar-refractivity contribution in [1.29, 1.82) is 0 Å². The zero-order valence-electron chi connectivity index (χ0n) is 11.3. The molecule has 2 nitrogen and oxygen atoms in total. The second-order valence-corrected chi connectivity index (χ2v) is 5.78. The van der Waals surface area contributed by atoms with E-state index in [1.165, 1.54) is 51.4 Å². The highest BCUT2D eigenvalue weighted by atomic mass is 16.2. The molecular weight excluding hydrogens is 210 g/mol. The molecule has 1 unspecified atom stereocenters. The highest BCUT2D eigenvalue weighted by molar-refractivity contribution is 5.79. The zero-order valence-corrected chi connectivity index (χ0v) is 11.3. The molecule has 1 saturated carbocycles. The van der Waals surface area contributed by atoms with Gasteiger partial charge in [0.1, 0.15) is 0 Å².